The lowest BCUT2D eigenvalue weighted by Crippen LogP contribution is -2.17. The van der Waals surface area contributed by atoms with E-state index in [0.29, 0.717) is 5.69 Å². The minimum absolute atomic E-state index is 0.0452. The molecule has 0 aromatic heterocycles. The number of hydrogen-bond donors (Lipinski definition) is 1. The van der Waals surface area contributed by atoms with E-state index in [1.807, 2.05) is 0 Å². The van der Waals surface area contributed by atoms with Gasteiger partial charge in [-0.15, -0.1) is 11.8 Å². The van der Waals surface area contributed by atoms with Crippen LogP contribution in [0.1, 0.15) is 17.3 Å². The molecule has 0 radical (unpaired) electrons. The van der Waals surface area contributed by atoms with Crippen LogP contribution >= 0.6 is 11.8 Å². The van der Waals surface area contributed by atoms with E-state index in [1.54, 1.807) is 25.1 Å². The minimum atomic E-state index is -0.596. The fourth-order valence-electron chi connectivity index (χ4n) is 1.90. The number of thioether (sulfide) groups is 1. The molecule has 2 aromatic carbocycles. The SMILES string of the molecule is CCOC(=O)c1ccccc1NC(=O)CSc1cc(F)ccc1F. The maximum absolute atomic E-state index is 13.5. The number of rotatable bonds is 6. The number of ether oxygens (including phenoxy) is 1. The van der Waals surface area contributed by atoms with Gasteiger partial charge in [-0.1, -0.05) is 12.1 Å². The van der Waals surface area contributed by atoms with Gasteiger partial charge in [0, 0.05) is 4.90 Å². The highest BCUT2D eigenvalue weighted by Crippen LogP contribution is 2.23. The molecular weight excluding hydrogens is 336 g/mol. The first-order chi connectivity index (χ1) is 11.5. The summed E-state index contributed by atoms with van der Waals surface area (Å²) < 4.78 is 31.5. The van der Waals surface area contributed by atoms with E-state index >= 15 is 0 Å². The minimum Gasteiger partial charge on any atom is -0.462 e. The van der Waals surface area contributed by atoms with E-state index in [9.17, 15) is 18.4 Å². The average molecular weight is 351 g/mol. The summed E-state index contributed by atoms with van der Waals surface area (Å²) in [5.74, 6) is -2.29. The number of para-hydroxylation sites is 1. The molecule has 0 saturated carbocycles. The topological polar surface area (TPSA) is 55.4 Å². The molecular formula is C17H15F2NO3S. The molecule has 0 bridgehead atoms. The number of carbonyl (C=O) groups excluding carboxylic acids is 2. The second kappa shape index (κ2) is 8.44. The van der Waals surface area contributed by atoms with Crippen molar-refractivity contribution in [3.63, 3.8) is 0 Å². The second-order valence-electron chi connectivity index (χ2n) is 4.68. The highest BCUT2D eigenvalue weighted by molar-refractivity contribution is 8.00. The summed E-state index contributed by atoms with van der Waals surface area (Å²) in [5, 5.41) is 2.58. The standard InChI is InChI=1S/C17H15F2NO3S/c1-2-23-17(22)12-5-3-4-6-14(12)20-16(21)10-24-15-9-11(18)7-8-13(15)19/h3-9H,2,10H2,1H3,(H,20,21). The van der Waals surface area contributed by atoms with Crippen molar-refractivity contribution < 1.29 is 23.1 Å². The Morgan fingerprint density at radius 2 is 1.92 bits per heavy atom. The summed E-state index contributed by atoms with van der Waals surface area (Å²) in [7, 11) is 0. The molecule has 24 heavy (non-hydrogen) atoms. The van der Waals surface area contributed by atoms with Gasteiger partial charge in [0.25, 0.3) is 0 Å². The number of halogens is 2. The fourth-order valence-corrected chi connectivity index (χ4v) is 2.66. The van der Waals surface area contributed by atoms with E-state index < -0.39 is 23.5 Å². The van der Waals surface area contributed by atoms with Crippen LogP contribution in [0.25, 0.3) is 0 Å². The first-order valence-electron chi connectivity index (χ1n) is 7.15. The molecule has 0 spiro atoms. The molecule has 0 aliphatic heterocycles. The Labute approximate surface area is 142 Å². The van der Waals surface area contributed by atoms with Crippen molar-refractivity contribution in [3.05, 3.63) is 59.7 Å². The quantitative estimate of drug-likeness (QED) is 0.634. The molecule has 0 heterocycles. The monoisotopic (exact) mass is 351 g/mol. The predicted molar refractivity (Wildman–Crippen MR) is 88.1 cm³/mol. The number of carbonyl (C=O) groups is 2. The van der Waals surface area contributed by atoms with Crippen LogP contribution in [0.4, 0.5) is 14.5 Å². The highest BCUT2D eigenvalue weighted by atomic mass is 32.2. The summed E-state index contributed by atoms with van der Waals surface area (Å²) in [6.45, 7) is 1.90. The van der Waals surface area contributed by atoms with E-state index in [1.165, 1.54) is 6.07 Å². The van der Waals surface area contributed by atoms with E-state index in [4.69, 9.17) is 4.74 Å². The second-order valence-corrected chi connectivity index (χ2v) is 5.69. The molecule has 0 saturated heterocycles. The smallest absolute Gasteiger partial charge is 0.340 e. The molecule has 0 fully saturated rings. The van der Waals surface area contributed by atoms with Crippen LogP contribution in [0, 0.1) is 11.6 Å². The molecule has 0 unspecified atom stereocenters. The summed E-state index contributed by atoms with van der Waals surface area (Å²) in [5.41, 5.74) is 0.538. The van der Waals surface area contributed by atoms with Gasteiger partial charge in [-0.2, -0.15) is 0 Å². The van der Waals surface area contributed by atoms with Crippen molar-refractivity contribution in [1.82, 2.24) is 0 Å². The van der Waals surface area contributed by atoms with Gasteiger partial charge >= 0.3 is 5.97 Å². The summed E-state index contributed by atoms with van der Waals surface area (Å²) in [6, 6.07) is 9.46. The largest absolute Gasteiger partial charge is 0.462 e. The molecule has 1 amide bonds. The average Bonchev–Trinajstić information content (AvgIpc) is 2.56. The zero-order valence-electron chi connectivity index (χ0n) is 12.8. The summed E-state index contributed by atoms with van der Waals surface area (Å²) in [4.78, 5) is 23.9. The van der Waals surface area contributed by atoms with Gasteiger partial charge in [-0.3, -0.25) is 4.79 Å². The van der Waals surface area contributed by atoms with Crippen LogP contribution in [0.3, 0.4) is 0 Å². The molecule has 0 aliphatic rings. The van der Waals surface area contributed by atoms with Crippen LogP contribution in [-0.2, 0) is 9.53 Å². The third kappa shape index (κ3) is 4.79. The zero-order chi connectivity index (χ0) is 17.5. The number of amides is 1. The number of hydrogen-bond acceptors (Lipinski definition) is 4. The van der Waals surface area contributed by atoms with Gasteiger partial charge in [0.15, 0.2) is 0 Å². The van der Waals surface area contributed by atoms with Gasteiger partial charge in [-0.05, 0) is 37.3 Å². The molecule has 0 aliphatic carbocycles. The maximum Gasteiger partial charge on any atom is 0.340 e. The van der Waals surface area contributed by atoms with Crippen molar-refractivity contribution in [2.75, 3.05) is 17.7 Å². The maximum atomic E-state index is 13.5. The summed E-state index contributed by atoms with van der Waals surface area (Å²) >= 11 is 0.870. The van der Waals surface area contributed by atoms with Crippen molar-refractivity contribution in [2.24, 2.45) is 0 Å². The van der Waals surface area contributed by atoms with Crippen LogP contribution in [0.5, 0.6) is 0 Å². The van der Waals surface area contributed by atoms with Crippen molar-refractivity contribution in [2.45, 2.75) is 11.8 Å². The van der Waals surface area contributed by atoms with E-state index in [0.717, 1.165) is 30.0 Å². The molecule has 126 valence electrons. The number of esters is 1. The Kier molecular flexibility index (Phi) is 6.31. The van der Waals surface area contributed by atoms with Gasteiger partial charge in [-0.25, -0.2) is 13.6 Å². The molecule has 0 atom stereocenters. The number of anilines is 1. The Balaban J connectivity index is 2.02. The van der Waals surface area contributed by atoms with Crippen molar-refractivity contribution in [3.8, 4) is 0 Å². The Hall–Kier alpha value is -2.41. The first kappa shape index (κ1) is 17.9. The van der Waals surface area contributed by atoms with Gasteiger partial charge in [0.05, 0.1) is 23.6 Å². The molecule has 7 heteroatoms. The van der Waals surface area contributed by atoms with Gasteiger partial charge in [0.1, 0.15) is 11.6 Å². The summed E-state index contributed by atoms with van der Waals surface area (Å²) in [6.07, 6.45) is 0. The first-order valence-corrected chi connectivity index (χ1v) is 8.13. The van der Waals surface area contributed by atoms with E-state index in [2.05, 4.69) is 5.32 Å². The molecule has 2 aromatic rings. The highest BCUT2D eigenvalue weighted by Gasteiger charge is 2.14. The van der Waals surface area contributed by atoms with Gasteiger partial charge in [0.2, 0.25) is 5.91 Å². The van der Waals surface area contributed by atoms with Crippen LogP contribution in [0.2, 0.25) is 0 Å². The Morgan fingerprint density at radius 3 is 2.67 bits per heavy atom. The van der Waals surface area contributed by atoms with Crippen LogP contribution in [0.15, 0.2) is 47.4 Å². The lowest BCUT2D eigenvalue weighted by Gasteiger charge is -2.10. The van der Waals surface area contributed by atoms with Crippen LogP contribution < -0.4 is 5.32 Å². The van der Waals surface area contributed by atoms with E-state index in [-0.39, 0.29) is 22.8 Å². The molecule has 1 N–H and O–H groups in total. The predicted octanol–water partition coefficient (Wildman–Crippen LogP) is 3.87. The van der Waals surface area contributed by atoms with Crippen LogP contribution in [-0.4, -0.2) is 24.2 Å². The third-order valence-electron chi connectivity index (χ3n) is 2.95. The zero-order valence-corrected chi connectivity index (χ0v) is 13.7. The Bertz CT molecular complexity index is 752. The lowest BCUT2D eigenvalue weighted by atomic mass is 10.2. The number of benzene rings is 2. The van der Waals surface area contributed by atoms with Crippen molar-refractivity contribution in [1.29, 1.82) is 0 Å². The van der Waals surface area contributed by atoms with Crippen molar-refractivity contribution >= 4 is 29.3 Å². The van der Waals surface area contributed by atoms with Gasteiger partial charge < -0.3 is 10.1 Å². The molecule has 2 rings (SSSR count). The lowest BCUT2D eigenvalue weighted by molar-refractivity contribution is -0.113. The third-order valence-corrected chi connectivity index (χ3v) is 3.98. The normalized spacial score (nSPS) is 10.3. The number of nitrogens with one attached hydrogen (secondary N) is 1. The Morgan fingerprint density at radius 1 is 1.17 bits per heavy atom. The fraction of sp³-hybridized carbons (Fsp3) is 0.176. The molecule has 4 nitrogen and oxygen atoms in total.